The zero-order valence-corrected chi connectivity index (χ0v) is 10.3. The van der Waals surface area contributed by atoms with Crippen LogP contribution in [0.3, 0.4) is 0 Å². The van der Waals surface area contributed by atoms with Gasteiger partial charge in [-0.25, -0.2) is 0 Å². The summed E-state index contributed by atoms with van der Waals surface area (Å²) in [6, 6.07) is 3.69. The number of non-ortho nitro benzene ring substituents is 1. The molecule has 1 aromatic carbocycles. The Morgan fingerprint density at radius 3 is 2.39 bits per heavy atom. The molecule has 0 spiro atoms. The Balaban J connectivity index is 2.90. The third-order valence-electron chi connectivity index (χ3n) is 2.34. The molecule has 0 fully saturated rings. The predicted molar refractivity (Wildman–Crippen MR) is 66.3 cm³/mol. The molecule has 7 heteroatoms. The highest BCUT2D eigenvalue weighted by Gasteiger charge is 2.18. The maximum absolute atomic E-state index is 10.8. The number of nitrogens with zero attached hydrogens (tertiary/aromatic N) is 2. The Kier molecular flexibility index (Phi) is 4.73. The minimum atomic E-state index is -0.641. The Morgan fingerprint density at radius 2 is 1.89 bits per heavy atom. The molecular weight excluding hydrogens is 238 g/mol. The van der Waals surface area contributed by atoms with E-state index >= 15 is 0 Å². The minimum absolute atomic E-state index is 0.222. The van der Waals surface area contributed by atoms with Crippen LogP contribution in [0.15, 0.2) is 18.2 Å². The van der Waals surface area contributed by atoms with Crippen molar-refractivity contribution in [3.8, 4) is 0 Å². The first-order valence-electron chi connectivity index (χ1n) is 5.54. The first-order valence-corrected chi connectivity index (χ1v) is 5.54. The van der Waals surface area contributed by atoms with Crippen LogP contribution in [0.5, 0.6) is 0 Å². The molecule has 1 N–H and O–H groups in total. The molecule has 0 atom stereocenters. The predicted octanol–water partition coefficient (Wildman–Crippen LogP) is 2.25. The second kappa shape index (κ2) is 6.06. The Morgan fingerprint density at radius 1 is 1.22 bits per heavy atom. The summed E-state index contributed by atoms with van der Waals surface area (Å²) in [5, 5.41) is 24.5. The van der Waals surface area contributed by atoms with E-state index < -0.39 is 9.85 Å². The number of rotatable bonds is 6. The first kappa shape index (κ1) is 14.0. The van der Waals surface area contributed by atoms with Gasteiger partial charge in [0.15, 0.2) is 0 Å². The van der Waals surface area contributed by atoms with E-state index in [2.05, 4.69) is 5.32 Å². The standard InChI is InChI=1S/C11H15N3O4/c1-8(2)6-12-7-9-3-4-10(13(15)16)5-11(9)14(17)18/h3-5,8,12H,6-7H2,1-2H3. The molecule has 1 aromatic rings. The lowest BCUT2D eigenvalue weighted by atomic mass is 10.1. The van der Waals surface area contributed by atoms with Gasteiger partial charge in [-0.15, -0.1) is 0 Å². The number of nitro groups is 2. The third kappa shape index (κ3) is 3.77. The summed E-state index contributed by atoms with van der Waals surface area (Å²) in [5.74, 6) is 0.433. The van der Waals surface area contributed by atoms with E-state index in [0.717, 1.165) is 12.6 Å². The number of nitro benzene ring substituents is 2. The van der Waals surface area contributed by atoms with Crippen LogP contribution in [0, 0.1) is 26.1 Å². The molecule has 0 saturated carbocycles. The van der Waals surface area contributed by atoms with Crippen molar-refractivity contribution in [3.05, 3.63) is 44.0 Å². The topological polar surface area (TPSA) is 98.3 Å². The molecular formula is C11H15N3O4. The molecule has 0 saturated heterocycles. The summed E-state index contributed by atoms with van der Waals surface area (Å²) in [7, 11) is 0. The van der Waals surface area contributed by atoms with Crippen molar-refractivity contribution < 1.29 is 9.85 Å². The van der Waals surface area contributed by atoms with Crippen molar-refractivity contribution in [2.24, 2.45) is 5.92 Å². The molecule has 0 radical (unpaired) electrons. The van der Waals surface area contributed by atoms with E-state index in [0.29, 0.717) is 18.0 Å². The van der Waals surface area contributed by atoms with Crippen LogP contribution in [0.1, 0.15) is 19.4 Å². The minimum Gasteiger partial charge on any atom is -0.312 e. The highest BCUT2D eigenvalue weighted by molar-refractivity contribution is 5.49. The van der Waals surface area contributed by atoms with E-state index in [4.69, 9.17) is 0 Å². The molecule has 0 heterocycles. The van der Waals surface area contributed by atoms with Crippen molar-refractivity contribution in [2.75, 3.05) is 6.54 Å². The van der Waals surface area contributed by atoms with Crippen molar-refractivity contribution in [1.82, 2.24) is 5.32 Å². The lowest BCUT2D eigenvalue weighted by molar-refractivity contribution is -0.394. The normalized spacial score (nSPS) is 10.6. The van der Waals surface area contributed by atoms with Gasteiger partial charge in [-0.05, 0) is 18.5 Å². The van der Waals surface area contributed by atoms with Crippen LogP contribution in [0.25, 0.3) is 0 Å². The molecule has 0 aliphatic rings. The highest BCUT2D eigenvalue weighted by Crippen LogP contribution is 2.24. The average Bonchev–Trinajstić information content (AvgIpc) is 2.28. The maximum atomic E-state index is 10.8. The van der Waals surface area contributed by atoms with Gasteiger partial charge < -0.3 is 5.32 Å². The number of hydrogen-bond donors (Lipinski definition) is 1. The fourth-order valence-electron chi connectivity index (χ4n) is 1.48. The van der Waals surface area contributed by atoms with Crippen LogP contribution >= 0.6 is 0 Å². The monoisotopic (exact) mass is 253 g/mol. The van der Waals surface area contributed by atoms with Crippen LogP contribution in [-0.4, -0.2) is 16.4 Å². The molecule has 98 valence electrons. The molecule has 0 aliphatic carbocycles. The Bertz CT molecular complexity index is 460. The largest absolute Gasteiger partial charge is 0.312 e. The van der Waals surface area contributed by atoms with Crippen molar-refractivity contribution in [3.63, 3.8) is 0 Å². The van der Waals surface area contributed by atoms with Gasteiger partial charge in [-0.1, -0.05) is 13.8 Å². The number of nitrogens with one attached hydrogen (secondary N) is 1. The molecule has 0 aliphatic heterocycles. The van der Waals surface area contributed by atoms with Gasteiger partial charge in [0.2, 0.25) is 0 Å². The zero-order chi connectivity index (χ0) is 13.7. The van der Waals surface area contributed by atoms with E-state index in [-0.39, 0.29) is 11.4 Å². The summed E-state index contributed by atoms with van der Waals surface area (Å²) in [6.45, 7) is 5.11. The Labute approximate surface area is 104 Å². The SMILES string of the molecule is CC(C)CNCc1ccc([N+](=O)[O-])cc1[N+](=O)[O-]. The third-order valence-corrected chi connectivity index (χ3v) is 2.34. The van der Waals surface area contributed by atoms with Gasteiger partial charge in [-0.3, -0.25) is 20.2 Å². The van der Waals surface area contributed by atoms with Crippen LogP contribution in [0.2, 0.25) is 0 Å². The van der Waals surface area contributed by atoms with Crippen molar-refractivity contribution in [2.45, 2.75) is 20.4 Å². The molecule has 0 bridgehead atoms. The summed E-state index contributed by atoms with van der Waals surface area (Å²) in [5.41, 5.74) is -0.0407. The average molecular weight is 253 g/mol. The second-order valence-corrected chi connectivity index (χ2v) is 4.35. The van der Waals surface area contributed by atoms with Gasteiger partial charge in [0.1, 0.15) is 0 Å². The smallest absolute Gasteiger partial charge is 0.280 e. The molecule has 7 nitrogen and oxygen atoms in total. The van der Waals surface area contributed by atoms with E-state index in [9.17, 15) is 20.2 Å². The highest BCUT2D eigenvalue weighted by atomic mass is 16.6. The van der Waals surface area contributed by atoms with E-state index in [1.807, 2.05) is 13.8 Å². The van der Waals surface area contributed by atoms with Gasteiger partial charge in [0.05, 0.1) is 15.9 Å². The van der Waals surface area contributed by atoms with E-state index in [1.165, 1.54) is 12.1 Å². The van der Waals surface area contributed by atoms with Crippen LogP contribution < -0.4 is 5.32 Å². The fourth-order valence-corrected chi connectivity index (χ4v) is 1.48. The maximum Gasteiger partial charge on any atom is 0.280 e. The number of hydrogen-bond acceptors (Lipinski definition) is 5. The van der Waals surface area contributed by atoms with Gasteiger partial charge in [0.25, 0.3) is 11.4 Å². The lowest BCUT2D eigenvalue weighted by Crippen LogP contribution is -2.19. The molecule has 0 unspecified atom stereocenters. The summed E-state index contributed by atoms with van der Waals surface area (Å²) in [6.07, 6.45) is 0. The fraction of sp³-hybridized carbons (Fsp3) is 0.455. The lowest BCUT2D eigenvalue weighted by Gasteiger charge is -2.07. The van der Waals surface area contributed by atoms with E-state index in [1.54, 1.807) is 0 Å². The Hall–Kier alpha value is -2.02. The first-order chi connectivity index (χ1) is 8.41. The van der Waals surface area contributed by atoms with Crippen molar-refractivity contribution in [1.29, 1.82) is 0 Å². The summed E-state index contributed by atoms with van der Waals surface area (Å²) in [4.78, 5) is 20.2. The van der Waals surface area contributed by atoms with Gasteiger partial charge >= 0.3 is 0 Å². The van der Waals surface area contributed by atoms with Gasteiger partial charge in [-0.2, -0.15) is 0 Å². The quantitative estimate of drug-likeness (QED) is 0.619. The molecule has 0 amide bonds. The van der Waals surface area contributed by atoms with Crippen molar-refractivity contribution >= 4 is 11.4 Å². The second-order valence-electron chi connectivity index (χ2n) is 4.35. The molecule has 1 rings (SSSR count). The van der Waals surface area contributed by atoms with Gasteiger partial charge in [0, 0.05) is 18.2 Å². The van der Waals surface area contributed by atoms with Crippen LogP contribution in [-0.2, 0) is 6.54 Å². The summed E-state index contributed by atoms with van der Waals surface area (Å²) >= 11 is 0. The zero-order valence-electron chi connectivity index (χ0n) is 10.3. The summed E-state index contributed by atoms with van der Waals surface area (Å²) < 4.78 is 0. The molecule has 18 heavy (non-hydrogen) atoms. The van der Waals surface area contributed by atoms with Crippen LogP contribution in [0.4, 0.5) is 11.4 Å². The number of benzene rings is 1. The molecule has 0 aromatic heterocycles.